The summed E-state index contributed by atoms with van der Waals surface area (Å²) in [5.74, 6) is 0.452. The van der Waals surface area contributed by atoms with E-state index in [0.717, 1.165) is 11.5 Å². The van der Waals surface area contributed by atoms with E-state index in [1.807, 2.05) is 0 Å². The SMILES string of the molecule is Cc1nsc(NS(=O)(=O)c2cccnc2N)n1. The van der Waals surface area contributed by atoms with Gasteiger partial charge < -0.3 is 5.73 Å². The van der Waals surface area contributed by atoms with E-state index in [2.05, 4.69) is 19.1 Å². The normalized spacial score (nSPS) is 11.4. The zero-order valence-electron chi connectivity index (χ0n) is 8.78. The van der Waals surface area contributed by atoms with Crippen LogP contribution in [0.15, 0.2) is 23.2 Å². The molecule has 7 nitrogen and oxygen atoms in total. The number of sulfonamides is 1. The zero-order chi connectivity index (χ0) is 12.5. The number of hydrogen-bond donors (Lipinski definition) is 2. The number of rotatable bonds is 3. The maximum absolute atomic E-state index is 11.9. The molecular formula is C8H9N5O2S2. The van der Waals surface area contributed by atoms with E-state index in [0.29, 0.717) is 5.82 Å². The van der Waals surface area contributed by atoms with Crippen molar-refractivity contribution in [1.82, 2.24) is 14.3 Å². The summed E-state index contributed by atoms with van der Waals surface area (Å²) in [5, 5.41) is 0.200. The van der Waals surface area contributed by atoms with Gasteiger partial charge >= 0.3 is 0 Å². The molecule has 9 heteroatoms. The maximum Gasteiger partial charge on any atom is 0.267 e. The molecule has 2 aromatic rings. The number of anilines is 2. The number of nitrogen functional groups attached to an aromatic ring is 1. The minimum atomic E-state index is -3.76. The van der Waals surface area contributed by atoms with Crippen LogP contribution in [0.2, 0.25) is 0 Å². The number of pyridine rings is 1. The first-order valence-electron chi connectivity index (χ1n) is 4.52. The van der Waals surface area contributed by atoms with Crippen LogP contribution in [0.5, 0.6) is 0 Å². The van der Waals surface area contributed by atoms with Crippen LogP contribution in [0, 0.1) is 6.92 Å². The molecule has 0 fully saturated rings. The molecule has 0 aliphatic carbocycles. The van der Waals surface area contributed by atoms with Crippen molar-refractivity contribution in [2.45, 2.75) is 11.8 Å². The highest BCUT2D eigenvalue weighted by atomic mass is 32.2. The second-order valence-corrected chi connectivity index (χ2v) is 5.54. The molecule has 0 saturated heterocycles. The molecule has 0 aliphatic heterocycles. The lowest BCUT2D eigenvalue weighted by atomic mass is 10.5. The number of aromatic nitrogens is 3. The van der Waals surface area contributed by atoms with Gasteiger partial charge in [-0.2, -0.15) is 4.37 Å². The topological polar surface area (TPSA) is 111 Å². The summed E-state index contributed by atoms with van der Waals surface area (Å²) in [6, 6.07) is 2.87. The molecule has 17 heavy (non-hydrogen) atoms. The van der Waals surface area contributed by atoms with E-state index in [1.54, 1.807) is 6.92 Å². The Balaban J connectivity index is 2.35. The molecule has 0 aliphatic rings. The molecule has 2 rings (SSSR count). The van der Waals surface area contributed by atoms with Crippen molar-refractivity contribution in [3.8, 4) is 0 Å². The fourth-order valence-corrected chi connectivity index (χ4v) is 3.02. The van der Waals surface area contributed by atoms with Crippen molar-refractivity contribution in [3.05, 3.63) is 24.2 Å². The first-order valence-corrected chi connectivity index (χ1v) is 6.78. The third-order valence-electron chi connectivity index (χ3n) is 1.84. The van der Waals surface area contributed by atoms with E-state index in [4.69, 9.17) is 5.73 Å². The summed E-state index contributed by atoms with van der Waals surface area (Å²) in [5.41, 5.74) is 5.50. The lowest BCUT2D eigenvalue weighted by molar-refractivity contribution is 0.601. The number of hydrogen-bond acceptors (Lipinski definition) is 7. The van der Waals surface area contributed by atoms with E-state index in [-0.39, 0.29) is 15.8 Å². The molecule has 0 amide bonds. The molecule has 2 heterocycles. The molecule has 0 saturated carbocycles. The fourth-order valence-electron chi connectivity index (χ4n) is 1.14. The monoisotopic (exact) mass is 271 g/mol. The molecule has 0 atom stereocenters. The Morgan fingerprint density at radius 2 is 2.24 bits per heavy atom. The molecule has 2 aromatic heterocycles. The van der Waals surface area contributed by atoms with Gasteiger partial charge in [-0.3, -0.25) is 4.72 Å². The summed E-state index contributed by atoms with van der Waals surface area (Å²) in [6.45, 7) is 1.67. The van der Waals surface area contributed by atoms with E-state index >= 15 is 0 Å². The van der Waals surface area contributed by atoms with Gasteiger partial charge in [-0.05, 0) is 19.1 Å². The van der Waals surface area contributed by atoms with Gasteiger partial charge in [0.15, 0.2) is 0 Å². The quantitative estimate of drug-likeness (QED) is 0.846. The second-order valence-electron chi connectivity index (χ2n) is 3.14. The lowest BCUT2D eigenvalue weighted by Gasteiger charge is -2.05. The van der Waals surface area contributed by atoms with Gasteiger partial charge in [-0.25, -0.2) is 18.4 Å². The number of aryl methyl sites for hydroxylation is 1. The summed E-state index contributed by atoms with van der Waals surface area (Å²) < 4.78 is 30.0. The van der Waals surface area contributed by atoms with Crippen molar-refractivity contribution < 1.29 is 8.42 Å². The number of nitrogens with one attached hydrogen (secondary N) is 1. The highest BCUT2D eigenvalue weighted by Crippen LogP contribution is 2.20. The first kappa shape index (κ1) is 11.7. The molecule has 0 unspecified atom stereocenters. The van der Waals surface area contributed by atoms with Gasteiger partial charge in [-0.1, -0.05) is 0 Å². The van der Waals surface area contributed by atoms with Crippen LogP contribution in [0.1, 0.15) is 5.82 Å². The molecular weight excluding hydrogens is 262 g/mol. The average molecular weight is 271 g/mol. The van der Waals surface area contributed by atoms with Gasteiger partial charge in [0.05, 0.1) is 0 Å². The smallest absolute Gasteiger partial charge is 0.267 e. The van der Waals surface area contributed by atoms with Crippen molar-refractivity contribution in [2.75, 3.05) is 10.5 Å². The van der Waals surface area contributed by atoms with Gasteiger partial charge in [0.1, 0.15) is 16.5 Å². The Kier molecular flexibility index (Phi) is 2.94. The third-order valence-corrected chi connectivity index (χ3v) is 4.08. The Morgan fingerprint density at radius 1 is 1.47 bits per heavy atom. The van der Waals surface area contributed by atoms with E-state index in [9.17, 15) is 8.42 Å². The van der Waals surface area contributed by atoms with E-state index < -0.39 is 10.0 Å². The van der Waals surface area contributed by atoms with Crippen LogP contribution in [0.3, 0.4) is 0 Å². The molecule has 0 aromatic carbocycles. The van der Waals surface area contributed by atoms with Crippen LogP contribution in [-0.2, 0) is 10.0 Å². The van der Waals surface area contributed by atoms with Crippen LogP contribution >= 0.6 is 11.5 Å². The first-order chi connectivity index (χ1) is 7.99. The number of nitrogens with zero attached hydrogens (tertiary/aromatic N) is 3. The van der Waals surface area contributed by atoms with Crippen molar-refractivity contribution in [3.63, 3.8) is 0 Å². The highest BCUT2D eigenvalue weighted by molar-refractivity contribution is 7.93. The molecule has 90 valence electrons. The minimum Gasteiger partial charge on any atom is -0.383 e. The minimum absolute atomic E-state index is 0.0544. The van der Waals surface area contributed by atoms with Gasteiger partial charge in [0.2, 0.25) is 5.13 Å². The Hall–Kier alpha value is -1.74. The molecule has 3 N–H and O–H groups in total. The van der Waals surface area contributed by atoms with Gasteiger partial charge in [-0.15, -0.1) is 0 Å². The van der Waals surface area contributed by atoms with Crippen LogP contribution in [-0.4, -0.2) is 22.8 Å². The zero-order valence-corrected chi connectivity index (χ0v) is 10.4. The largest absolute Gasteiger partial charge is 0.383 e. The third kappa shape index (κ3) is 2.50. The van der Waals surface area contributed by atoms with Crippen molar-refractivity contribution in [1.29, 1.82) is 0 Å². The van der Waals surface area contributed by atoms with Crippen molar-refractivity contribution in [2.24, 2.45) is 0 Å². The maximum atomic E-state index is 11.9. The highest BCUT2D eigenvalue weighted by Gasteiger charge is 2.19. The second kappa shape index (κ2) is 4.26. The summed E-state index contributed by atoms with van der Waals surface area (Å²) in [6.07, 6.45) is 1.42. The summed E-state index contributed by atoms with van der Waals surface area (Å²) in [7, 11) is -3.76. The lowest BCUT2D eigenvalue weighted by Crippen LogP contribution is -2.15. The van der Waals surface area contributed by atoms with Gasteiger partial charge in [0, 0.05) is 17.7 Å². The molecule has 0 bridgehead atoms. The van der Waals surface area contributed by atoms with E-state index in [1.165, 1.54) is 18.3 Å². The predicted octanol–water partition coefficient (Wildman–Crippen LogP) is 0.625. The Bertz CT molecular complexity index is 637. The fraction of sp³-hybridized carbons (Fsp3) is 0.125. The molecule has 0 spiro atoms. The Morgan fingerprint density at radius 3 is 2.82 bits per heavy atom. The van der Waals surface area contributed by atoms with Crippen molar-refractivity contribution >= 4 is 32.5 Å². The average Bonchev–Trinajstić information content (AvgIpc) is 2.63. The Labute approximate surface area is 102 Å². The van der Waals surface area contributed by atoms with Gasteiger partial charge in [0.25, 0.3) is 10.0 Å². The predicted molar refractivity (Wildman–Crippen MR) is 64.1 cm³/mol. The van der Waals surface area contributed by atoms with Crippen LogP contribution in [0.4, 0.5) is 10.9 Å². The van der Waals surface area contributed by atoms with Crippen LogP contribution < -0.4 is 10.5 Å². The summed E-state index contributed by atoms with van der Waals surface area (Å²) in [4.78, 5) is 7.55. The standard InChI is InChI=1S/C8H9N5O2S2/c1-5-11-8(16-12-5)13-17(14,15)6-3-2-4-10-7(6)9/h2-4H,1H3,(H2,9,10)(H,11,12,13). The van der Waals surface area contributed by atoms with Crippen LogP contribution in [0.25, 0.3) is 0 Å². The summed E-state index contributed by atoms with van der Waals surface area (Å²) >= 11 is 0.964. The molecule has 0 radical (unpaired) electrons. The number of nitrogens with two attached hydrogens (primary N) is 1.